The monoisotopic (exact) mass is 276 g/mol. The maximum atomic E-state index is 11.9. The fourth-order valence-corrected chi connectivity index (χ4v) is 2.55. The molecule has 108 valence electrons. The van der Waals surface area contributed by atoms with Gasteiger partial charge in [0.25, 0.3) is 5.91 Å². The number of piperazine rings is 1. The molecule has 2 saturated heterocycles. The van der Waals surface area contributed by atoms with E-state index in [4.69, 9.17) is 4.74 Å². The number of nitrogens with one attached hydrogen (secondary N) is 2. The molecule has 6 heteroatoms. The van der Waals surface area contributed by atoms with Crippen LogP contribution >= 0.6 is 0 Å². The zero-order chi connectivity index (χ0) is 13.8. The second kappa shape index (κ2) is 6.19. The van der Waals surface area contributed by atoms with E-state index in [9.17, 15) is 4.79 Å². The van der Waals surface area contributed by atoms with Crippen LogP contribution in [0.4, 0.5) is 11.5 Å². The third-order valence-corrected chi connectivity index (χ3v) is 3.68. The summed E-state index contributed by atoms with van der Waals surface area (Å²) in [4.78, 5) is 18.6. The van der Waals surface area contributed by atoms with Gasteiger partial charge in [0, 0.05) is 32.8 Å². The summed E-state index contributed by atoms with van der Waals surface area (Å²) < 4.78 is 5.36. The first-order valence-corrected chi connectivity index (χ1v) is 7.17. The van der Waals surface area contributed by atoms with Crippen LogP contribution in [-0.4, -0.2) is 49.8 Å². The average Bonchev–Trinajstić information content (AvgIpc) is 3.03. The van der Waals surface area contributed by atoms with E-state index in [0.717, 1.165) is 50.5 Å². The number of carbonyl (C=O) groups excluding carboxylic acids is 1. The van der Waals surface area contributed by atoms with Crippen molar-refractivity contribution in [2.45, 2.75) is 18.9 Å². The quantitative estimate of drug-likeness (QED) is 0.846. The molecule has 2 fully saturated rings. The van der Waals surface area contributed by atoms with Crippen LogP contribution in [0.25, 0.3) is 0 Å². The van der Waals surface area contributed by atoms with Crippen LogP contribution in [0.2, 0.25) is 0 Å². The standard InChI is InChI=1S/C14H20N4O2/c19-14(12-2-1-9-20-12)17-11-3-4-13(16-10-11)18-7-5-15-6-8-18/h3-4,10,12,15H,1-2,5-9H2,(H,17,19). The molecule has 0 spiro atoms. The minimum absolute atomic E-state index is 0.0702. The minimum atomic E-state index is -0.303. The highest BCUT2D eigenvalue weighted by Crippen LogP contribution is 2.17. The number of rotatable bonds is 3. The van der Waals surface area contributed by atoms with Gasteiger partial charge in [0.1, 0.15) is 11.9 Å². The van der Waals surface area contributed by atoms with Crippen LogP contribution in [0.5, 0.6) is 0 Å². The largest absolute Gasteiger partial charge is 0.368 e. The van der Waals surface area contributed by atoms with E-state index >= 15 is 0 Å². The first-order valence-electron chi connectivity index (χ1n) is 7.17. The van der Waals surface area contributed by atoms with Crippen LogP contribution in [0.3, 0.4) is 0 Å². The SMILES string of the molecule is O=C(Nc1ccc(N2CCNCC2)nc1)C1CCCO1. The Morgan fingerprint density at radius 3 is 2.90 bits per heavy atom. The predicted molar refractivity (Wildman–Crippen MR) is 76.9 cm³/mol. The van der Waals surface area contributed by atoms with E-state index in [0.29, 0.717) is 6.61 Å². The summed E-state index contributed by atoms with van der Waals surface area (Å²) in [7, 11) is 0. The zero-order valence-electron chi connectivity index (χ0n) is 11.5. The maximum Gasteiger partial charge on any atom is 0.253 e. The number of aromatic nitrogens is 1. The summed E-state index contributed by atoms with van der Waals surface area (Å²) in [6.07, 6.45) is 3.17. The number of amides is 1. The Hall–Kier alpha value is -1.66. The van der Waals surface area contributed by atoms with Crippen molar-refractivity contribution in [2.24, 2.45) is 0 Å². The Morgan fingerprint density at radius 1 is 1.40 bits per heavy atom. The molecule has 3 heterocycles. The van der Waals surface area contributed by atoms with Gasteiger partial charge in [-0.1, -0.05) is 0 Å². The summed E-state index contributed by atoms with van der Waals surface area (Å²) >= 11 is 0. The highest BCUT2D eigenvalue weighted by Gasteiger charge is 2.23. The third kappa shape index (κ3) is 3.08. The Balaban J connectivity index is 1.59. The summed E-state index contributed by atoms with van der Waals surface area (Å²) in [6, 6.07) is 3.85. The molecule has 0 saturated carbocycles. The van der Waals surface area contributed by atoms with Crippen LogP contribution in [0.15, 0.2) is 18.3 Å². The van der Waals surface area contributed by atoms with Crippen molar-refractivity contribution in [2.75, 3.05) is 43.0 Å². The lowest BCUT2D eigenvalue weighted by Gasteiger charge is -2.28. The molecule has 0 radical (unpaired) electrons. The van der Waals surface area contributed by atoms with Gasteiger partial charge < -0.3 is 20.3 Å². The molecule has 1 aromatic heterocycles. The fraction of sp³-hybridized carbons (Fsp3) is 0.571. The second-order valence-electron chi connectivity index (χ2n) is 5.13. The molecule has 1 aromatic rings. The fourth-order valence-electron chi connectivity index (χ4n) is 2.55. The van der Waals surface area contributed by atoms with Gasteiger partial charge in [-0.05, 0) is 25.0 Å². The number of nitrogens with zero attached hydrogens (tertiary/aromatic N) is 2. The lowest BCUT2D eigenvalue weighted by atomic mass is 10.2. The minimum Gasteiger partial charge on any atom is -0.368 e. The Bertz CT molecular complexity index is 451. The average molecular weight is 276 g/mol. The van der Waals surface area contributed by atoms with Crippen molar-refractivity contribution in [3.63, 3.8) is 0 Å². The molecular weight excluding hydrogens is 256 g/mol. The lowest BCUT2D eigenvalue weighted by Crippen LogP contribution is -2.43. The van der Waals surface area contributed by atoms with Gasteiger partial charge in [-0.15, -0.1) is 0 Å². The first kappa shape index (κ1) is 13.3. The number of hydrogen-bond acceptors (Lipinski definition) is 5. The van der Waals surface area contributed by atoms with E-state index in [1.54, 1.807) is 6.20 Å². The van der Waals surface area contributed by atoms with E-state index < -0.39 is 0 Å². The molecule has 1 atom stereocenters. The van der Waals surface area contributed by atoms with Crippen molar-refractivity contribution < 1.29 is 9.53 Å². The molecule has 2 aliphatic heterocycles. The van der Waals surface area contributed by atoms with E-state index in [2.05, 4.69) is 20.5 Å². The molecule has 0 aliphatic carbocycles. The van der Waals surface area contributed by atoms with Gasteiger partial charge >= 0.3 is 0 Å². The van der Waals surface area contributed by atoms with Crippen molar-refractivity contribution in [1.82, 2.24) is 10.3 Å². The van der Waals surface area contributed by atoms with Crippen molar-refractivity contribution in [3.05, 3.63) is 18.3 Å². The van der Waals surface area contributed by atoms with Gasteiger partial charge in [-0.2, -0.15) is 0 Å². The van der Waals surface area contributed by atoms with Crippen molar-refractivity contribution in [3.8, 4) is 0 Å². The number of anilines is 2. The van der Waals surface area contributed by atoms with E-state index in [1.807, 2.05) is 12.1 Å². The molecule has 1 unspecified atom stereocenters. The van der Waals surface area contributed by atoms with Gasteiger partial charge in [0.05, 0.1) is 11.9 Å². The Morgan fingerprint density at radius 2 is 2.25 bits per heavy atom. The molecule has 20 heavy (non-hydrogen) atoms. The predicted octanol–water partition coefficient (Wildman–Crippen LogP) is 0.609. The van der Waals surface area contributed by atoms with Crippen molar-refractivity contribution >= 4 is 17.4 Å². The van der Waals surface area contributed by atoms with Crippen LogP contribution in [0.1, 0.15) is 12.8 Å². The van der Waals surface area contributed by atoms with Gasteiger partial charge in [-0.25, -0.2) is 4.98 Å². The lowest BCUT2D eigenvalue weighted by molar-refractivity contribution is -0.124. The Kier molecular flexibility index (Phi) is 4.13. The number of hydrogen-bond donors (Lipinski definition) is 2. The molecule has 1 amide bonds. The summed E-state index contributed by atoms with van der Waals surface area (Å²) in [5.74, 6) is 0.890. The summed E-state index contributed by atoms with van der Waals surface area (Å²) in [5, 5.41) is 6.17. The van der Waals surface area contributed by atoms with Crippen LogP contribution in [-0.2, 0) is 9.53 Å². The van der Waals surface area contributed by atoms with Crippen LogP contribution < -0.4 is 15.5 Å². The second-order valence-corrected chi connectivity index (χ2v) is 5.13. The highest BCUT2D eigenvalue weighted by atomic mass is 16.5. The molecule has 2 aliphatic rings. The molecule has 0 bridgehead atoms. The molecular formula is C14H20N4O2. The molecule has 0 aromatic carbocycles. The maximum absolute atomic E-state index is 11.9. The third-order valence-electron chi connectivity index (χ3n) is 3.68. The van der Waals surface area contributed by atoms with Gasteiger partial charge in [0.2, 0.25) is 0 Å². The summed E-state index contributed by atoms with van der Waals surface area (Å²) in [5.41, 5.74) is 0.726. The van der Waals surface area contributed by atoms with E-state index in [1.165, 1.54) is 0 Å². The normalized spacial score (nSPS) is 22.8. The highest BCUT2D eigenvalue weighted by molar-refractivity contribution is 5.94. The first-order chi connectivity index (χ1) is 9.83. The number of carbonyl (C=O) groups is 1. The topological polar surface area (TPSA) is 66.5 Å². The Labute approximate surface area is 118 Å². The number of pyridine rings is 1. The van der Waals surface area contributed by atoms with Crippen molar-refractivity contribution in [1.29, 1.82) is 0 Å². The molecule has 6 nitrogen and oxygen atoms in total. The smallest absolute Gasteiger partial charge is 0.253 e. The molecule has 2 N–H and O–H groups in total. The van der Waals surface area contributed by atoms with E-state index in [-0.39, 0.29) is 12.0 Å². The molecule has 3 rings (SSSR count). The van der Waals surface area contributed by atoms with Gasteiger partial charge in [-0.3, -0.25) is 4.79 Å². The van der Waals surface area contributed by atoms with Crippen LogP contribution in [0, 0.1) is 0 Å². The number of ether oxygens (including phenoxy) is 1. The van der Waals surface area contributed by atoms with Gasteiger partial charge in [0.15, 0.2) is 0 Å². The zero-order valence-corrected chi connectivity index (χ0v) is 11.5. The summed E-state index contributed by atoms with van der Waals surface area (Å²) in [6.45, 7) is 4.58.